The van der Waals surface area contributed by atoms with Crippen molar-refractivity contribution in [3.8, 4) is 17.0 Å². The lowest BCUT2D eigenvalue weighted by Crippen LogP contribution is -2.46. The van der Waals surface area contributed by atoms with E-state index in [9.17, 15) is 9.18 Å². The minimum atomic E-state index is -0.549. The number of carbonyl (C=O) groups excluding carboxylic acids is 1. The summed E-state index contributed by atoms with van der Waals surface area (Å²) in [6, 6.07) is 3.54. The van der Waals surface area contributed by atoms with Gasteiger partial charge in [-0.05, 0) is 50.8 Å². The minimum Gasteiger partial charge on any atom is -0.481 e. The number of nitrogens with one attached hydrogen (secondary N) is 1. The van der Waals surface area contributed by atoms with Crippen LogP contribution in [0.5, 0.6) is 5.88 Å². The van der Waals surface area contributed by atoms with Crippen LogP contribution >= 0.6 is 0 Å². The first kappa shape index (κ1) is 22.3. The molecule has 1 spiro atoms. The van der Waals surface area contributed by atoms with Gasteiger partial charge in [-0.1, -0.05) is 0 Å². The summed E-state index contributed by atoms with van der Waals surface area (Å²) in [4.78, 5) is 24.1. The SMILES string of the molecule is COc1ncc(F)cc1C(C)C(=O)N1CCC2(CCc3cc(-c4cnn(C)c4)c(C)nc3N2)C1. The number of halogens is 1. The van der Waals surface area contributed by atoms with Gasteiger partial charge >= 0.3 is 0 Å². The summed E-state index contributed by atoms with van der Waals surface area (Å²) in [6.45, 7) is 5.02. The average molecular weight is 465 g/mol. The van der Waals surface area contributed by atoms with Crippen LogP contribution in [0.3, 0.4) is 0 Å². The van der Waals surface area contributed by atoms with Crippen LogP contribution in [-0.2, 0) is 18.3 Å². The molecule has 1 saturated heterocycles. The molecule has 1 amide bonds. The number of rotatable bonds is 4. The first-order valence-electron chi connectivity index (χ1n) is 11.5. The average Bonchev–Trinajstić information content (AvgIpc) is 3.44. The third kappa shape index (κ3) is 3.89. The van der Waals surface area contributed by atoms with Crippen molar-refractivity contribution in [2.75, 3.05) is 25.5 Å². The van der Waals surface area contributed by atoms with E-state index in [2.05, 4.69) is 21.5 Å². The number of aromatic nitrogens is 4. The normalized spacial score (nSPS) is 20.2. The number of anilines is 1. The van der Waals surface area contributed by atoms with E-state index in [-0.39, 0.29) is 17.3 Å². The Morgan fingerprint density at radius 2 is 2.12 bits per heavy atom. The fraction of sp³-hybridized carbons (Fsp3) is 0.440. The van der Waals surface area contributed by atoms with Gasteiger partial charge in [-0.2, -0.15) is 5.10 Å². The summed E-state index contributed by atoms with van der Waals surface area (Å²) in [7, 11) is 3.38. The molecule has 0 aromatic carbocycles. The monoisotopic (exact) mass is 464 g/mol. The van der Waals surface area contributed by atoms with E-state index in [0.717, 1.165) is 48.1 Å². The van der Waals surface area contributed by atoms with Crippen LogP contribution in [0.4, 0.5) is 10.2 Å². The van der Waals surface area contributed by atoms with Crippen molar-refractivity contribution in [3.63, 3.8) is 0 Å². The third-order valence-corrected chi connectivity index (χ3v) is 7.11. The van der Waals surface area contributed by atoms with Gasteiger partial charge in [0.15, 0.2) is 0 Å². The molecule has 1 fully saturated rings. The van der Waals surface area contributed by atoms with Gasteiger partial charge in [-0.15, -0.1) is 0 Å². The number of hydrogen-bond donors (Lipinski definition) is 1. The largest absolute Gasteiger partial charge is 0.481 e. The quantitative estimate of drug-likeness (QED) is 0.637. The number of aryl methyl sites for hydroxylation is 3. The fourth-order valence-electron chi connectivity index (χ4n) is 5.18. The zero-order chi connectivity index (χ0) is 24.0. The Morgan fingerprint density at radius 3 is 2.85 bits per heavy atom. The molecule has 2 aliphatic rings. The molecule has 0 bridgehead atoms. The van der Waals surface area contributed by atoms with E-state index >= 15 is 0 Å². The number of pyridine rings is 2. The smallest absolute Gasteiger partial charge is 0.230 e. The second kappa shape index (κ2) is 8.38. The van der Waals surface area contributed by atoms with E-state index in [1.54, 1.807) is 11.6 Å². The lowest BCUT2D eigenvalue weighted by Gasteiger charge is -2.36. The van der Waals surface area contributed by atoms with Crippen molar-refractivity contribution < 1.29 is 13.9 Å². The van der Waals surface area contributed by atoms with Crippen molar-refractivity contribution >= 4 is 11.7 Å². The molecule has 0 aliphatic carbocycles. The van der Waals surface area contributed by atoms with Crippen LogP contribution < -0.4 is 10.1 Å². The molecule has 0 radical (unpaired) electrons. The Balaban J connectivity index is 1.34. The Morgan fingerprint density at radius 1 is 1.29 bits per heavy atom. The predicted molar refractivity (Wildman–Crippen MR) is 126 cm³/mol. The molecule has 2 unspecified atom stereocenters. The fourth-order valence-corrected chi connectivity index (χ4v) is 5.18. The molecule has 9 heteroatoms. The van der Waals surface area contributed by atoms with Crippen LogP contribution in [0.2, 0.25) is 0 Å². The number of hydrogen-bond acceptors (Lipinski definition) is 6. The van der Waals surface area contributed by atoms with Crippen LogP contribution in [0, 0.1) is 12.7 Å². The summed E-state index contributed by atoms with van der Waals surface area (Å²) in [5.74, 6) is 0.100. The Labute approximate surface area is 198 Å². The van der Waals surface area contributed by atoms with Gasteiger partial charge < -0.3 is 15.0 Å². The highest BCUT2D eigenvalue weighted by Gasteiger charge is 2.43. The van der Waals surface area contributed by atoms with Crippen LogP contribution in [0.25, 0.3) is 11.1 Å². The molecular weight excluding hydrogens is 435 g/mol. The molecule has 34 heavy (non-hydrogen) atoms. The highest BCUT2D eigenvalue weighted by Crippen LogP contribution is 2.39. The first-order chi connectivity index (χ1) is 16.3. The van der Waals surface area contributed by atoms with Gasteiger partial charge in [-0.3, -0.25) is 9.48 Å². The standard InChI is InChI=1S/C25H29FN6O2/c1-15(20-10-19(26)12-27-23(20)34-4)24(33)32-8-7-25(14-32)6-5-17-9-21(16(2)29-22(17)30-25)18-11-28-31(3)13-18/h9-13,15H,5-8,14H2,1-4H3,(H,29,30). The molecule has 3 aromatic rings. The summed E-state index contributed by atoms with van der Waals surface area (Å²) in [5, 5.41) is 7.95. The maximum absolute atomic E-state index is 13.8. The molecule has 5 rings (SSSR count). The molecule has 178 valence electrons. The molecule has 1 N–H and O–H groups in total. The van der Waals surface area contributed by atoms with Gasteiger partial charge in [0, 0.05) is 48.7 Å². The topological polar surface area (TPSA) is 85.2 Å². The van der Waals surface area contributed by atoms with E-state index in [0.29, 0.717) is 18.7 Å². The van der Waals surface area contributed by atoms with Crippen LogP contribution in [0.15, 0.2) is 30.7 Å². The summed E-state index contributed by atoms with van der Waals surface area (Å²) in [6.07, 6.45) is 7.61. The summed E-state index contributed by atoms with van der Waals surface area (Å²) in [5.41, 5.74) is 4.55. The van der Waals surface area contributed by atoms with Crippen LogP contribution in [-0.4, -0.2) is 56.3 Å². The highest BCUT2D eigenvalue weighted by atomic mass is 19.1. The first-order valence-corrected chi connectivity index (χ1v) is 11.5. The van der Waals surface area contributed by atoms with E-state index in [1.165, 1.54) is 18.7 Å². The van der Waals surface area contributed by atoms with Crippen molar-refractivity contribution in [2.45, 2.75) is 44.6 Å². The van der Waals surface area contributed by atoms with Gasteiger partial charge in [0.2, 0.25) is 11.8 Å². The Bertz CT molecular complexity index is 1260. The van der Waals surface area contributed by atoms with E-state index in [1.807, 2.05) is 31.3 Å². The van der Waals surface area contributed by atoms with Crippen molar-refractivity contribution in [3.05, 3.63) is 53.4 Å². The number of carbonyl (C=O) groups is 1. The number of ether oxygens (including phenoxy) is 1. The van der Waals surface area contributed by atoms with E-state index in [4.69, 9.17) is 9.72 Å². The number of likely N-dealkylation sites (tertiary alicyclic amines) is 1. The number of nitrogens with zero attached hydrogens (tertiary/aromatic N) is 5. The van der Waals surface area contributed by atoms with Crippen molar-refractivity contribution in [1.82, 2.24) is 24.6 Å². The third-order valence-electron chi connectivity index (χ3n) is 7.11. The molecule has 5 heterocycles. The highest BCUT2D eigenvalue weighted by molar-refractivity contribution is 5.84. The van der Waals surface area contributed by atoms with Gasteiger partial charge in [0.05, 0.1) is 31.0 Å². The van der Waals surface area contributed by atoms with Gasteiger partial charge in [0.1, 0.15) is 11.6 Å². The second-order valence-electron chi connectivity index (χ2n) is 9.42. The molecule has 2 atom stereocenters. The molecule has 3 aromatic heterocycles. The summed E-state index contributed by atoms with van der Waals surface area (Å²) < 4.78 is 20.9. The summed E-state index contributed by atoms with van der Waals surface area (Å²) >= 11 is 0. The Kier molecular flexibility index (Phi) is 5.50. The maximum atomic E-state index is 13.8. The lowest BCUT2D eigenvalue weighted by molar-refractivity contribution is -0.131. The van der Waals surface area contributed by atoms with Gasteiger partial charge in [-0.25, -0.2) is 14.4 Å². The lowest BCUT2D eigenvalue weighted by atomic mass is 9.86. The maximum Gasteiger partial charge on any atom is 0.230 e. The molecule has 2 aliphatic heterocycles. The molecule has 0 saturated carbocycles. The zero-order valence-corrected chi connectivity index (χ0v) is 19.9. The number of methoxy groups -OCH3 is 1. The van der Waals surface area contributed by atoms with Crippen LogP contribution in [0.1, 0.15) is 42.5 Å². The van der Waals surface area contributed by atoms with Gasteiger partial charge in [0.25, 0.3) is 0 Å². The van der Waals surface area contributed by atoms with Crippen molar-refractivity contribution in [2.24, 2.45) is 7.05 Å². The minimum absolute atomic E-state index is 0.0498. The molecule has 8 nitrogen and oxygen atoms in total. The van der Waals surface area contributed by atoms with E-state index < -0.39 is 11.7 Å². The number of amides is 1. The predicted octanol–water partition coefficient (Wildman–Crippen LogP) is 3.47. The number of fused-ring (bicyclic) bond motifs is 1. The zero-order valence-electron chi connectivity index (χ0n) is 19.9. The second-order valence-corrected chi connectivity index (χ2v) is 9.42. The van der Waals surface area contributed by atoms with Crippen molar-refractivity contribution in [1.29, 1.82) is 0 Å². The molecular formula is C25H29FN6O2. The Hall–Kier alpha value is -3.49.